The Balaban J connectivity index is 1.68. The summed E-state index contributed by atoms with van der Waals surface area (Å²) in [6, 6.07) is 14.1. The number of aliphatic hydroxyl groups is 3. The number of benzene rings is 2. The number of ether oxygens (including phenoxy) is 3. The van der Waals surface area contributed by atoms with Crippen LogP contribution in [0.4, 0.5) is 0 Å². The minimum Gasteiger partial charge on any atom is -0.480 e. The van der Waals surface area contributed by atoms with Gasteiger partial charge in [0.15, 0.2) is 0 Å². The lowest BCUT2D eigenvalue weighted by Gasteiger charge is -2.47. The molecule has 7 atom stereocenters. The molecule has 1 heterocycles. The first-order chi connectivity index (χ1) is 21.9. The molecule has 3 rings (SSSR count). The number of aliphatic hydroxyl groups excluding tert-OH is 3. The van der Waals surface area contributed by atoms with Crippen LogP contribution < -0.4 is 16.4 Å². The highest BCUT2D eigenvalue weighted by molar-refractivity contribution is 7.99. The minimum atomic E-state index is -2.21. The van der Waals surface area contributed by atoms with Crippen molar-refractivity contribution in [3.8, 4) is 11.1 Å². The van der Waals surface area contributed by atoms with E-state index in [0.29, 0.717) is 17.7 Å². The second-order valence-electron chi connectivity index (χ2n) is 10.8. The Labute approximate surface area is 270 Å². The quantitative estimate of drug-likeness (QED) is 0.0920. The second-order valence-corrected chi connectivity index (χ2v) is 11.9. The summed E-state index contributed by atoms with van der Waals surface area (Å²) in [6.45, 7) is 0.653. The molecule has 1 aliphatic rings. The van der Waals surface area contributed by atoms with Gasteiger partial charge in [0.05, 0.1) is 32.0 Å². The van der Waals surface area contributed by atoms with Crippen LogP contribution >= 0.6 is 11.8 Å². The summed E-state index contributed by atoms with van der Waals surface area (Å²) in [6.07, 6.45) is -6.69. The predicted octanol–water partition coefficient (Wildman–Crippen LogP) is -0.119. The molecule has 2 aromatic rings. The molecule has 0 radical (unpaired) electrons. The lowest BCUT2D eigenvalue weighted by Crippen LogP contribution is -2.68. The van der Waals surface area contributed by atoms with Crippen molar-refractivity contribution in [1.29, 1.82) is 0 Å². The van der Waals surface area contributed by atoms with Crippen LogP contribution in [0.25, 0.3) is 11.1 Å². The van der Waals surface area contributed by atoms with Gasteiger partial charge in [0.1, 0.15) is 18.2 Å². The first-order valence-corrected chi connectivity index (χ1v) is 15.7. The number of rotatable bonds is 16. The van der Waals surface area contributed by atoms with Gasteiger partial charge in [-0.25, -0.2) is 4.79 Å². The molecule has 0 saturated carbocycles. The predicted molar refractivity (Wildman–Crippen MR) is 168 cm³/mol. The third-order valence-corrected chi connectivity index (χ3v) is 8.45. The number of nitrogens with two attached hydrogens (primary N) is 1. The summed E-state index contributed by atoms with van der Waals surface area (Å²) in [4.78, 5) is 48.6. The monoisotopic (exact) mass is 663 g/mol. The molecule has 2 amide bonds. The van der Waals surface area contributed by atoms with Gasteiger partial charge >= 0.3 is 11.9 Å². The molecule has 252 valence electrons. The van der Waals surface area contributed by atoms with Gasteiger partial charge in [0.25, 0.3) is 11.7 Å². The summed E-state index contributed by atoms with van der Waals surface area (Å²) in [5.74, 6) is -4.87. The number of hydrogen-bond donors (Lipinski definition) is 7. The fourth-order valence-electron chi connectivity index (χ4n) is 4.86. The number of thioether (sulfide) groups is 1. The third-order valence-electron chi connectivity index (χ3n) is 7.28. The smallest absolute Gasteiger partial charge is 0.366 e. The fraction of sp³-hybridized carbons (Fsp3) is 0.484. The van der Waals surface area contributed by atoms with Crippen LogP contribution in [-0.4, -0.2) is 118 Å². The van der Waals surface area contributed by atoms with E-state index < -0.39 is 79.0 Å². The van der Waals surface area contributed by atoms with Gasteiger partial charge < -0.3 is 51.0 Å². The maximum atomic E-state index is 12.9. The Morgan fingerprint density at radius 2 is 1.74 bits per heavy atom. The standard InChI is InChI=1S/C31H41N3O11S/c1-18(35)34-25-23(36)15-31(30(42)43-2,44-13-6-14-46-17-22(32)29(40)41)45-27(25)26(38)24(37)16-33-28(39)21-11-9-20(10-12-21)19-7-4-3-5-8-19/h3-5,7-12,22-27,36-38H,6,13-17,32H2,1-2H3,(H,33,39)(H,34,35)(H,40,41)/t22?,23-,24-,25-,26-,27+,31-/m1/s1. The Morgan fingerprint density at radius 1 is 1.09 bits per heavy atom. The van der Waals surface area contributed by atoms with Crippen LogP contribution in [0, 0.1) is 0 Å². The summed E-state index contributed by atoms with van der Waals surface area (Å²) in [7, 11) is 1.08. The van der Waals surface area contributed by atoms with Crippen LogP contribution in [0.5, 0.6) is 0 Å². The minimum absolute atomic E-state index is 0.0909. The maximum absolute atomic E-state index is 12.9. The van der Waals surface area contributed by atoms with E-state index >= 15 is 0 Å². The number of aliphatic carboxylic acids is 1. The average Bonchev–Trinajstić information content (AvgIpc) is 3.05. The number of hydrogen-bond acceptors (Lipinski definition) is 12. The second kappa shape index (κ2) is 17.4. The number of amides is 2. The van der Waals surface area contributed by atoms with E-state index in [1.807, 2.05) is 30.3 Å². The Hall–Kier alpha value is -3.57. The number of carbonyl (C=O) groups excluding carboxylic acids is 3. The zero-order chi connectivity index (χ0) is 33.9. The summed E-state index contributed by atoms with van der Waals surface area (Å²) < 4.78 is 16.6. The zero-order valence-corrected chi connectivity index (χ0v) is 26.4. The van der Waals surface area contributed by atoms with Gasteiger partial charge in [-0.15, -0.1) is 0 Å². The Bertz CT molecular complexity index is 1320. The molecule has 1 fully saturated rings. The van der Waals surface area contributed by atoms with Crippen LogP contribution in [0.1, 0.15) is 30.1 Å². The Kier molecular flexibility index (Phi) is 13.9. The molecule has 0 aliphatic carbocycles. The van der Waals surface area contributed by atoms with E-state index in [2.05, 4.69) is 10.6 Å². The van der Waals surface area contributed by atoms with E-state index in [9.17, 15) is 34.5 Å². The molecule has 15 heteroatoms. The van der Waals surface area contributed by atoms with E-state index in [1.165, 1.54) is 18.7 Å². The number of esters is 1. The van der Waals surface area contributed by atoms with Crippen LogP contribution in [0.2, 0.25) is 0 Å². The molecular formula is C31H41N3O11S. The van der Waals surface area contributed by atoms with Crippen molar-refractivity contribution in [2.75, 3.05) is 31.8 Å². The normalized spacial score (nSPS) is 23.0. The fourth-order valence-corrected chi connectivity index (χ4v) is 5.74. The molecule has 2 aromatic carbocycles. The highest BCUT2D eigenvalue weighted by Crippen LogP contribution is 2.34. The third kappa shape index (κ3) is 9.96. The van der Waals surface area contributed by atoms with Gasteiger partial charge in [-0.2, -0.15) is 11.8 Å². The van der Waals surface area contributed by atoms with Gasteiger partial charge in [0, 0.05) is 31.2 Å². The van der Waals surface area contributed by atoms with Crippen molar-refractivity contribution in [3.63, 3.8) is 0 Å². The highest BCUT2D eigenvalue weighted by atomic mass is 32.2. The van der Waals surface area contributed by atoms with E-state index in [-0.39, 0.29) is 12.4 Å². The molecule has 14 nitrogen and oxygen atoms in total. The molecule has 0 aromatic heterocycles. The summed E-state index contributed by atoms with van der Waals surface area (Å²) >= 11 is 1.26. The van der Waals surface area contributed by atoms with Gasteiger partial charge in [-0.3, -0.25) is 14.4 Å². The lowest BCUT2D eigenvalue weighted by atomic mass is 9.88. The van der Waals surface area contributed by atoms with Crippen molar-refractivity contribution >= 4 is 35.5 Å². The van der Waals surface area contributed by atoms with E-state index in [1.54, 1.807) is 24.3 Å². The van der Waals surface area contributed by atoms with Crippen molar-refractivity contribution in [3.05, 3.63) is 60.2 Å². The van der Waals surface area contributed by atoms with Crippen LogP contribution in [0.3, 0.4) is 0 Å². The maximum Gasteiger partial charge on any atom is 0.366 e. The molecule has 8 N–H and O–H groups in total. The number of methoxy groups -OCH3 is 1. The molecule has 0 spiro atoms. The van der Waals surface area contributed by atoms with Crippen molar-refractivity contribution in [2.45, 2.75) is 62.1 Å². The molecule has 46 heavy (non-hydrogen) atoms. The van der Waals surface area contributed by atoms with Gasteiger partial charge in [-0.05, 0) is 35.4 Å². The van der Waals surface area contributed by atoms with Crippen LogP contribution in [0.15, 0.2) is 54.6 Å². The number of carboxylic acid groups (broad SMARTS) is 1. The van der Waals surface area contributed by atoms with Crippen molar-refractivity contribution < 1.29 is 53.8 Å². The molecule has 1 aliphatic heterocycles. The number of carbonyl (C=O) groups is 4. The molecule has 0 bridgehead atoms. The Morgan fingerprint density at radius 3 is 2.35 bits per heavy atom. The topological polar surface area (TPSA) is 227 Å². The van der Waals surface area contributed by atoms with E-state index in [0.717, 1.165) is 18.2 Å². The summed E-state index contributed by atoms with van der Waals surface area (Å²) in [5.41, 5.74) is 7.68. The van der Waals surface area contributed by atoms with Crippen molar-refractivity contribution in [2.24, 2.45) is 5.73 Å². The SMILES string of the molecule is COC(=O)[C@@]1(OCCCSCC(N)C(=O)O)C[C@@H](O)[C@@H](NC(C)=O)[C@@H]([C@H](O)[C@H](O)CNC(=O)c2ccc(-c3ccccc3)cc2)O1. The number of nitrogens with one attached hydrogen (secondary N) is 2. The first-order valence-electron chi connectivity index (χ1n) is 14.6. The molecule has 1 saturated heterocycles. The molecule has 1 unspecified atom stereocenters. The average molecular weight is 664 g/mol. The van der Waals surface area contributed by atoms with E-state index in [4.69, 9.17) is 25.1 Å². The van der Waals surface area contributed by atoms with Crippen LogP contribution in [-0.2, 0) is 28.6 Å². The lowest BCUT2D eigenvalue weighted by molar-refractivity contribution is -0.311. The highest BCUT2D eigenvalue weighted by Gasteiger charge is 2.56. The van der Waals surface area contributed by atoms with Gasteiger partial charge in [-0.1, -0.05) is 42.5 Å². The first kappa shape index (κ1) is 36.9. The largest absolute Gasteiger partial charge is 0.480 e. The van der Waals surface area contributed by atoms with Gasteiger partial charge in [0.2, 0.25) is 5.91 Å². The summed E-state index contributed by atoms with van der Waals surface area (Å²) in [5, 5.41) is 47.0. The molecular weight excluding hydrogens is 622 g/mol. The zero-order valence-electron chi connectivity index (χ0n) is 25.5. The van der Waals surface area contributed by atoms with Crippen molar-refractivity contribution in [1.82, 2.24) is 10.6 Å². The number of carboxylic acids is 1.